The Morgan fingerprint density at radius 3 is 2.80 bits per heavy atom. The number of hydrogen-bond acceptors (Lipinski definition) is 4. The molecule has 4 N–H and O–H groups in total. The maximum absolute atomic E-state index is 9.13. The Morgan fingerprint density at radius 1 is 1.47 bits per heavy atom. The lowest BCUT2D eigenvalue weighted by atomic mass is 10.1. The Labute approximate surface area is 89.3 Å². The van der Waals surface area contributed by atoms with E-state index in [1.165, 1.54) is 0 Å². The Kier molecular flexibility index (Phi) is 4.55. The van der Waals surface area contributed by atoms with Gasteiger partial charge in [-0.05, 0) is 13.0 Å². The van der Waals surface area contributed by atoms with Crippen LogP contribution in [0.5, 0.6) is 5.75 Å². The monoisotopic (exact) mass is 211 g/mol. The molecule has 0 spiro atoms. The minimum Gasteiger partial charge on any atom is -0.490 e. The summed E-state index contributed by atoms with van der Waals surface area (Å²) in [6, 6.07) is 5.68. The third kappa shape index (κ3) is 3.51. The molecular formula is C11H17NO3. The van der Waals surface area contributed by atoms with Gasteiger partial charge in [-0.2, -0.15) is 0 Å². The lowest BCUT2D eigenvalue weighted by Gasteiger charge is -2.13. The molecule has 1 aromatic rings. The molecule has 0 saturated heterocycles. The molecule has 4 nitrogen and oxygen atoms in total. The quantitative estimate of drug-likeness (QED) is 0.649. The van der Waals surface area contributed by atoms with Crippen molar-refractivity contribution >= 4 is 0 Å². The summed E-state index contributed by atoms with van der Waals surface area (Å²) >= 11 is 0. The van der Waals surface area contributed by atoms with Gasteiger partial charge in [0.25, 0.3) is 0 Å². The number of aliphatic hydroxyl groups is 2. The van der Waals surface area contributed by atoms with E-state index in [2.05, 4.69) is 0 Å². The summed E-state index contributed by atoms with van der Waals surface area (Å²) in [5.41, 5.74) is 7.59. The van der Waals surface area contributed by atoms with E-state index in [0.717, 1.165) is 11.1 Å². The first-order chi connectivity index (χ1) is 7.17. The summed E-state index contributed by atoms with van der Waals surface area (Å²) in [6.07, 6.45) is -0.850. The largest absolute Gasteiger partial charge is 0.490 e. The molecule has 1 atom stereocenters. The molecule has 0 aliphatic heterocycles. The second-order valence-electron chi connectivity index (χ2n) is 3.46. The van der Waals surface area contributed by atoms with Crippen LogP contribution in [0.15, 0.2) is 18.2 Å². The summed E-state index contributed by atoms with van der Waals surface area (Å²) < 4.78 is 5.35. The Hall–Kier alpha value is -1.10. The van der Waals surface area contributed by atoms with Gasteiger partial charge in [-0.25, -0.2) is 0 Å². The molecule has 0 amide bonds. The third-order valence-electron chi connectivity index (χ3n) is 2.08. The van der Waals surface area contributed by atoms with Crippen molar-refractivity contribution < 1.29 is 14.9 Å². The fraction of sp³-hybridized carbons (Fsp3) is 0.455. The zero-order chi connectivity index (χ0) is 11.3. The van der Waals surface area contributed by atoms with Gasteiger partial charge in [-0.1, -0.05) is 17.7 Å². The van der Waals surface area contributed by atoms with Crippen molar-refractivity contribution in [1.29, 1.82) is 0 Å². The average Bonchev–Trinajstić information content (AvgIpc) is 2.26. The molecule has 0 bridgehead atoms. The first-order valence-electron chi connectivity index (χ1n) is 4.88. The number of benzene rings is 1. The minimum atomic E-state index is -0.850. The van der Waals surface area contributed by atoms with E-state index in [9.17, 15) is 0 Å². The standard InChI is InChI=1S/C11H17NO3/c1-8-2-3-11(9(4-8)5-12)15-7-10(14)6-13/h2-4,10,13-14H,5-7,12H2,1H3. The van der Waals surface area contributed by atoms with Gasteiger partial charge in [0.2, 0.25) is 0 Å². The van der Waals surface area contributed by atoms with Crippen molar-refractivity contribution in [2.45, 2.75) is 19.6 Å². The van der Waals surface area contributed by atoms with Gasteiger partial charge < -0.3 is 20.7 Å². The second-order valence-corrected chi connectivity index (χ2v) is 3.46. The molecule has 0 heterocycles. The van der Waals surface area contributed by atoms with Crippen molar-refractivity contribution in [1.82, 2.24) is 0 Å². The SMILES string of the molecule is Cc1ccc(OCC(O)CO)c(CN)c1. The number of rotatable bonds is 5. The van der Waals surface area contributed by atoms with E-state index in [1.54, 1.807) is 0 Å². The number of ether oxygens (including phenoxy) is 1. The predicted octanol–water partition coefficient (Wildman–Crippen LogP) is 0.186. The molecule has 84 valence electrons. The fourth-order valence-corrected chi connectivity index (χ4v) is 1.25. The molecule has 15 heavy (non-hydrogen) atoms. The normalized spacial score (nSPS) is 12.5. The van der Waals surface area contributed by atoms with Crippen LogP contribution in [-0.2, 0) is 6.54 Å². The van der Waals surface area contributed by atoms with Crippen molar-refractivity contribution in [3.63, 3.8) is 0 Å². The number of aryl methyl sites for hydroxylation is 1. The number of aliphatic hydroxyl groups excluding tert-OH is 2. The maximum atomic E-state index is 9.13. The smallest absolute Gasteiger partial charge is 0.123 e. The van der Waals surface area contributed by atoms with Crippen molar-refractivity contribution in [2.24, 2.45) is 5.73 Å². The first-order valence-corrected chi connectivity index (χ1v) is 4.88. The first kappa shape index (κ1) is 12.0. The van der Waals surface area contributed by atoms with Gasteiger partial charge in [-0.3, -0.25) is 0 Å². The molecular weight excluding hydrogens is 194 g/mol. The topological polar surface area (TPSA) is 75.7 Å². The van der Waals surface area contributed by atoms with Crippen LogP contribution in [0.25, 0.3) is 0 Å². The lowest BCUT2D eigenvalue weighted by Crippen LogP contribution is -2.21. The van der Waals surface area contributed by atoms with Gasteiger partial charge in [0.15, 0.2) is 0 Å². The van der Waals surface area contributed by atoms with E-state index in [-0.39, 0.29) is 13.2 Å². The molecule has 0 radical (unpaired) electrons. The molecule has 0 fully saturated rings. The van der Waals surface area contributed by atoms with Crippen LogP contribution in [-0.4, -0.2) is 29.5 Å². The van der Waals surface area contributed by atoms with Gasteiger partial charge in [0.1, 0.15) is 18.5 Å². The van der Waals surface area contributed by atoms with Crippen LogP contribution in [0.1, 0.15) is 11.1 Å². The Balaban J connectivity index is 2.67. The van der Waals surface area contributed by atoms with E-state index < -0.39 is 6.10 Å². The average molecular weight is 211 g/mol. The lowest BCUT2D eigenvalue weighted by molar-refractivity contribution is 0.0533. The van der Waals surface area contributed by atoms with E-state index in [0.29, 0.717) is 12.3 Å². The van der Waals surface area contributed by atoms with Crippen molar-refractivity contribution in [3.05, 3.63) is 29.3 Å². The van der Waals surface area contributed by atoms with Crippen molar-refractivity contribution in [3.8, 4) is 5.75 Å². The van der Waals surface area contributed by atoms with Crippen LogP contribution in [0.2, 0.25) is 0 Å². The van der Waals surface area contributed by atoms with Crippen LogP contribution >= 0.6 is 0 Å². The van der Waals surface area contributed by atoms with Crippen molar-refractivity contribution in [2.75, 3.05) is 13.2 Å². The zero-order valence-electron chi connectivity index (χ0n) is 8.81. The van der Waals surface area contributed by atoms with Gasteiger partial charge in [0, 0.05) is 12.1 Å². The van der Waals surface area contributed by atoms with Crippen LogP contribution in [0.3, 0.4) is 0 Å². The Morgan fingerprint density at radius 2 is 2.20 bits per heavy atom. The number of hydrogen-bond donors (Lipinski definition) is 3. The summed E-state index contributed by atoms with van der Waals surface area (Å²) in [4.78, 5) is 0. The highest BCUT2D eigenvalue weighted by molar-refractivity contribution is 5.36. The minimum absolute atomic E-state index is 0.0760. The van der Waals surface area contributed by atoms with E-state index >= 15 is 0 Å². The molecule has 1 unspecified atom stereocenters. The molecule has 0 saturated carbocycles. The third-order valence-corrected chi connectivity index (χ3v) is 2.08. The van der Waals surface area contributed by atoms with E-state index in [1.807, 2.05) is 25.1 Å². The fourth-order valence-electron chi connectivity index (χ4n) is 1.25. The van der Waals surface area contributed by atoms with Gasteiger partial charge >= 0.3 is 0 Å². The molecule has 1 rings (SSSR count). The molecule has 0 aromatic heterocycles. The van der Waals surface area contributed by atoms with Crippen LogP contribution in [0, 0.1) is 6.92 Å². The zero-order valence-corrected chi connectivity index (χ0v) is 8.81. The molecule has 1 aromatic carbocycles. The second kappa shape index (κ2) is 5.70. The molecule has 0 aliphatic carbocycles. The molecule has 0 aliphatic rings. The maximum Gasteiger partial charge on any atom is 0.123 e. The highest BCUT2D eigenvalue weighted by Crippen LogP contribution is 2.19. The van der Waals surface area contributed by atoms with Crippen LogP contribution < -0.4 is 10.5 Å². The van der Waals surface area contributed by atoms with Gasteiger partial charge in [-0.15, -0.1) is 0 Å². The highest BCUT2D eigenvalue weighted by Gasteiger charge is 2.06. The highest BCUT2D eigenvalue weighted by atomic mass is 16.5. The summed E-state index contributed by atoms with van der Waals surface area (Å²) in [5.74, 6) is 0.663. The predicted molar refractivity (Wildman–Crippen MR) is 57.7 cm³/mol. The summed E-state index contributed by atoms with van der Waals surface area (Å²) in [6.45, 7) is 2.15. The summed E-state index contributed by atoms with van der Waals surface area (Å²) in [5, 5.41) is 17.8. The molecule has 4 heteroatoms. The van der Waals surface area contributed by atoms with Crippen LogP contribution in [0.4, 0.5) is 0 Å². The summed E-state index contributed by atoms with van der Waals surface area (Å²) in [7, 11) is 0. The number of nitrogens with two attached hydrogens (primary N) is 1. The van der Waals surface area contributed by atoms with E-state index in [4.69, 9.17) is 20.7 Å². The Bertz CT molecular complexity index is 315. The van der Waals surface area contributed by atoms with Gasteiger partial charge in [0.05, 0.1) is 6.61 Å².